The molecular weight excluding hydrogens is 234 g/mol. The van der Waals surface area contributed by atoms with Crippen molar-refractivity contribution in [2.75, 3.05) is 0 Å². The molecule has 1 aromatic rings. The topological polar surface area (TPSA) is 36.8 Å². The molecule has 96 valence electrons. The van der Waals surface area contributed by atoms with Gasteiger partial charge in [-0.1, -0.05) is 48.1 Å². The Labute approximate surface area is 113 Å². The second kappa shape index (κ2) is 5.22. The highest BCUT2D eigenvalue weighted by Crippen LogP contribution is 2.19. The fourth-order valence-electron chi connectivity index (χ4n) is 2.22. The van der Waals surface area contributed by atoms with Gasteiger partial charge in [-0.15, -0.1) is 0 Å². The lowest BCUT2D eigenvalue weighted by molar-refractivity contribution is 0.805. The molecule has 3 nitrogen and oxygen atoms in total. The number of rotatable bonds is 2. The first-order valence-electron chi connectivity index (χ1n) is 6.62. The van der Waals surface area contributed by atoms with Crippen LogP contribution in [0.1, 0.15) is 24.0 Å². The minimum atomic E-state index is -0.103. The Morgan fingerprint density at radius 1 is 1.16 bits per heavy atom. The quantitative estimate of drug-likeness (QED) is 0.862. The summed E-state index contributed by atoms with van der Waals surface area (Å²) in [4.78, 5) is 9.10. The number of aryl methyl sites for hydroxylation is 1. The predicted octanol–water partition coefficient (Wildman–Crippen LogP) is 2.98. The minimum absolute atomic E-state index is 0.103. The van der Waals surface area contributed by atoms with Gasteiger partial charge in [0.1, 0.15) is 5.84 Å². The highest BCUT2D eigenvalue weighted by atomic mass is 15.2. The van der Waals surface area contributed by atoms with E-state index in [9.17, 15) is 0 Å². The summed E-state index contributed by atoms with van der Waals surface area (Å²) in [5.41, 5.74) is 3.54. The van der Waals surface area contributed by atoms with Gasteiger partial charge >= 0.3 is 0 Å². The monoisotopic (exact) mass is 251 g/mol. The lowest BCUT2D eigenvalue weighted by Crippen LogP contribution is -2.30. The van der Waals surface area contributed by atoms with Gasteiger partial charge in [0.05, 0.1) is 6.34 Å². The van der Waals surface area contributed by atoms with Crippen molar-refractivity contribution in [1.29, 1.82) is 0 Å². The summed E-state index contributed by atoms with van der Waals surface area (Å²) in [5.74, 6) is 0.889. The van der Waals surface area contributed by atoms with Crippen LogP contribution < -0.4 is 5.32 Å². The van der Waals surface area contributed by atoms with Crippen LogP contribution in [-0.2, 0) is 0 Å². The first kappa shape index (κ1) is 11.9. The molecule has 0 fully saturated rings. The molecular formula is C16H17N3. The molecule has 0 spiro atoms. The van der Waals surface area contributed by atoms with Gasteiger partial charge in [-0.2, -0.15) is 0 Å². The van der Waals surface area contributed by atoms with Gasteiger partial charge in [0.25, 0.3) is 0 Å². The van der Waals surface area contributed by atoms with Crippen molar-refractivity contribution < 1.29 is 0 Å². The van der Waals surface area contributed by atoms with E-state index in [1.165, 1.54) is 11.1 Å². The van der Waals surface area contributed by atoms with E-state index in [0.717, 1.165) is 24.2 Å². The van der Waals surface area contributed by atoms with Crippen LogP contribution in [0.2, 0.25) is 0 Å². The van der Waals surface area contributed by atoms with Crippen LogP contribution in [-0.4, -0.2) is 18.3 Å². The fourth-order valence-corrected chi connectivity index (χ4v) is 2.22. The molecule has 1 N–H and O–H groups in total. The van der Waals surface area contributed by atoms with Crippen molar-refractivity contribution in [3.05, 3.63) is 59.2 Å². The Kier molecular flexibility index (Phi) is 3.27. The number of aliphatic imine (C=N–C) groups is 2. The Hall–Kier alpha value is -2.16. The van der Waals surface area contributed by atoms with Crippen LogP contribution in [0.5, 0.6) is 0 Å². The maximum absolute atomic E-state index is 4.69. The van der Waals surface area contributed by atoms with Crippen molar-refractivity contribution in [2.24, 2.45) is 9.98 Å². The maximum atomic E-state index is 4.69. The molecule has 1 aromatic carbocycles. The average molecular weight is 251 g/mol. The van der Waals surface area contributed by atoms with E-state index in [1.807, 2.05) is 0 Å². The summed E-state index contributed by atoms with van der Waals surface area (Å²) >= 11 is 0. The molecule has 19 heavy (non-hydrogen) atoms. The predicted molar refractivity (Wildman–Crippen MR) is 79.6 cm³/mol. The number of hydrogen-bond acceptors (Lipinski definition) is 3. The van der Waals surface area contributed by atoms with E-state index in [0.29, 0.717) is 0 Å². The normalized spacial score (nSPS) is 21.6. The summed E-state index contributed by atoms with van der Waals surface area (Å²) in [6.45, 7) is 2.09. The summed E-state index contributed by atoms with van der Waals surface area (Å²) < 4.78 is 0. The third-order valence-corrected chi connectivity index (χ3v) is 3.32. The van der Waals surface area contributed by atoms with Gasteiger partial charge in [-0.25, -0.2) is 9.98 Å². The third kappa shape index (κ3) is 2.65. The van der Waals surface area contributed by atoms with E-state index >= 15 is 0 Å². The fraction of sp³-hybridized carbons (Fsp3) is 0.250. The largest absolute Gasteiger partial charge is 0.331 e. The van der Waals surface area contributed by atoms with Crippen LogP contribution >= 0.6 is 0 Å². The van der Waals surface area contributed by atoms with E-state index in [2.05, 4.69) is 59.7 Å². The molecule has 1 unspecified atom stereocenters. The van der Waals surface area contributed by atoms with Crippen LogP contribution in [0.25, 0.3) is 0 Å². The Morgan fingerprint density at radius 3 is 2.74 bits per heavy atom. The number of nitrogens with one attached hydrogen (secondary N) is 1. The molecule has 1 aliphatic heterocycles. The van der Waals surface area contributed by atoms with Crippen LogP contribution in [0, 0.1) is 6.92 Å². The number of hydrogen-bond donors (Lipinski definition) is 1. The first-order valence-corrected chi connectivity index (χ1v) is 6.62. The molecule has 1 atom stereocenters. The van der Waals surface area contributed by atoms with Gasteiger partial charge in [-0.3, -0.25) is 0 Å². The van der Waals surface area contributed by atoms with Crippen molar-refractivity contribution in [1.82, 2.24) is 5.32 Å². The summed E-state index contributed by atoms with van der Waals surface area (Å²) in [5, 5.41) is 3.13. The van der Waals surface area contributed by atoms with E-state index in [1.54, 1.807) is 6.34 Å². The van der Waals surface area contributed by atoms with Gasteiger partial charge in [0.2, 0.25) is 0 Å². The van der Waals surface area contributed by atoms with Gasteiger partial charge < -0.3 is 5.32 Å². The Morgan fingerprint density at radius 2 is 2.00 bits per heavy atom. The average Bonchev–Trinajstić information content (AvgIpc) is 2.49. The zero-order valence-corrected chi connectivity index (χ0v) is 11.0. The zero-order chi connectivity index (χ0) is 13.1. The van der Waals surface area contributed by atoms with E-state index in [4.69, 9.17) is 4.99 Å². The highest BCUT2D eigenvalue weighted by Gasteiger charge is 2.15. The second-order valence-electron chi connectivity index (χ2n) is 4.82. The lowest BCUT2D eigenvalue weighted by atomic mass is 10.0. The highest BCUT2D eigenvalue weighted by molar-refractivity contribution is 6.05. The molecule has 1 aliphatic carbocycles. The second-order valence-corrected chi connectivity index (χ2v) is 4.82. The summed E-state index contributed by atoms with van der Waals surface area (Å²) in [6.07, 6.45) is 10.4. The van der Waals surface area contributed by atoms with E-state index in [-0.39, 0.29) is 6.17 Å². The molecule has 0 aromatic heterocycles. The Bertz CT molecular complexity index is 577. The molecule has 3 heteroatoms. The van der Waals surface area contributed by atoms with Crippen LogP contribution in [0.4, 0.5) is 0 Å². The lowest BCUT2D eigenvalue weighted by Gasteiger charge is -2.18. The number of nitrogens with zero attached hydrogens (tertiary/aromatic N) is 2. The smallest absolute Gasteiger partial charge is 0.168 e. The van der Waals surface area contributed by atoms with Crippen molar-refractivity contribution >= 4 is 12.2 Å². The van der Waals surface area contributed by atoms with Crippen molar-refractivity contribution in [3.8, 4) is 0 Å². The summed E-state index contributed by atoms with van der Waals surface area (Å²) in [7, 11) is 0. The summed E-state index contributed by atoms with van der Waals surface area (Å²) in [6, 6.07) is 8.37. The molecule has 0 saturated heterocycles. The first-order chi connectivity index (χ1) is 9.33. The zero-order valence-electron chi connectivity index (χ0n) is 11.0. The number of allylic oxidation sites excluding steroid dienone is 2. The van der Waals surface area contributed by atoms with Crippen LogP contribution in [0.3, 0.4) is 0 Å². The maximum Gasteiger partial charge on any atom is 0.168 e. The molecule has 0 radical (unpaired) electrons. The number of benzene rings is 1. The third-order valence-electron chi connectivity index (χ3n) is 3.32. The van der Waals surface area contributed by atoms with Crippen molar-refractivity contribution in [2.45, 2.75) is 25.9 Å². The molecule has 1 heterocycles. The molecule has 0 bridgehead atoms. The van der Waals surface area contributed by atoms with Gasteiger partial charge in [0, 0.05) is 5.56 Å². The molecule has 3 rings (SSSR count). The van der Waals surface area contributed by atoms with Gasteiger partial charge in [-0.05, 0) is 25.3 Å². The molecule has 2 aliphatic rings. The molecule has 0 amide bonds. The number of amidine groups is 1. The Balaban J connectivity index is 1.86. The van der Waals surface area contributed by atoms with Crippen LogP contribution in [0.15, 0.2) is 58.1 Å². The standard InChI is InChI=1S/C16H17N3/c1-12-7-9-14(10-8-12)16-18-11-17-15(19-16)13-5-3-2-4-6-13/h3,5-11,15H,2,4H2,1H3,(H,17,18,19). The van der Waals surface area contributed by atoms with E-state index < -0.39 is 0 Å². The SMILES string of the molecule is Cc1ccc(C2=NC(C3=CCCC=C3)N=CN2)cc1. The van der Waals surface area contributed by atoms with Gasteiger partial charge in [0.15, 0.2) is 6.17 Å². The molecule has 0 saturated carbocycles. The van der Waals surface area contributed by atoms with Crippen molar-refractivity contribution in [3.63, 3.8) is 0 Å². The minimum Gasteiger partial charge on any atom is -0.331 e.